The van der Waals surface area contributed by atoms with E-state index in [0.29, 0.717) is 5.41 Å². The third-order valence-electron chi connectivity index (χ3n) is 3.44. The molecule has 94 valence electrons. The fourth-order valence-electron chi connectivity index (χ4n) is 1.87. The molecule has 0 aliphatic heterocycles. The minimum atomic E-state index is 0.327. The second kappa shape index (κ2) is 4.84. The maximum absolute atomic E-state index is 5.75. The van der Waals surface area contributed by atoms with Crippen LogP contribution < -0.4 is 20.5 Å². The number of anilines is 1. The summed E-state index contributed by atoms with van der Waals surface area (Å²) in [6.07, 6.45) is 2.45. The van der Waals surface area contributed by atoms with E-state index in [1.807, 2.05) is 18.2 Å². The van der Waals surface area contributed by atoms with Crippen LogP contribution in [0.5, 0.6) is 11.5 Å². The van der Waals surface area contributed by atoms with Crippen LogP contribution in [0, 0.1) is 5.41 Å². The average Bonchev–Trinajstić information content (AvgIpc) is 3.16. The van der Waals surface area contributed by atoms with Gasteiger partial charge < -0.3 is 20.5 Å². The molecule has 4 heteroatoms. The van der Waals surface area contributed by atoms with E-state index in [-0.39, 0.29) is 0 Å². The maximum atomic E-state index is 5.75. The molecular formula is C13H20N2O2. The van der Waals surface area contributed by atoms with Gasteiger partial charge in [0.2, 0.25) is 0 Å². The third-order valence-corrected chi connectivity index (χ3v) is 3.44. The first kappa shape index (κ1) is 12.0. The van der Waals surface area contributed by atoms with Gasteiger partial charge in [-0.05, 0) is 36.9 Å². The first-order chi connectivity index (χ1) is 8.23. The zero-order valence-electron chi connectivity index (χ0n) is 10.5. The van der Waals surface area contributed by atoms with E-state index in [4.69, 9.17) is 15.2 Å². The topological polar surface area (TPSA) is 56.5 Å². The molecule has 0 spiro atoms. The summed E-state index contributed by atoms with van der Waals surface area (Å²) in [5.41, 5.74) is 7.12. The minimum absolute atomic E-state index is 0.327. The van der Waals surface area contributed by atoms with Crippen LogP contribution in [0.4, 0.5) is 5.69 Å². The summed E-state index contributed by atoms with van der Waals surface area (Å²) in [4.78, 5) is 0. The Morgan fingerprint density at radius 2 is 1.94 bits per heavy atom. The summed E-state index contributed by atoms with van der Waals surface area (Å²) in [5, 5.41) is 3.41. The van der Waals surface area contributed by atoms with Crippen LogP contribution in [0.25, 0.3) is 0 Å². The summed E-state index contributed by atoms with van der Waals surface area (Å²) in [6, 6.07) is 5.85. The highest BCUT2D eigenvalue weighted by Crippen LogP contribution is 2.44. The van der Waals surface area contributed by atoms with Crippen molar-refractivity contribution in [3.63, 3.8) is 0 Å². The zero-order chi connectivity index (χ0) is 12.3. The Kier molecular flexibility index (Phi) is 3.43. The van der Waals surface area contributed by atoms with Gasteiger partial charge in [-0.15, -0.1) is 0 Å². The number of rotatable bonds is 6. The normalized spacial score (nSPS) is 16.4. The minimum Gasteiger partial charge on any atom is -0.493 e. The Labute approximate surface area is 102 Å². The van der Waals surface area contributed by atoms with E-state index >= 15 is 0 Å². The molecule has 1 aliphatic rings. The monoisotopic (exact) mass is 236 g/mol. The smallest absolute Gasteiger partial charge is 0.162 e. The van der Waals surface area contributed by atoms with Crippen molar-refractivity contribution < 1.29 is 9.47 Å². The first-order valence-electron chi connectivity index (χ1n) is 5.89. The van der Waals surface area contributed by atoms with Gasteiger partial charge in [-0.3, -0.25) is 0 Å². The molecule has 1 aliphatic carbocycles. The molecule has 0 heterocycles. The van der Waals surface area contributed by atoms with Crippen LogP contribution >= 0.6 is 0 Å². The van der Waals surface area contributed by atoms with E-state index in [1.165, 1.54) is 12.8 Å². The van der Waals surface area contributed by atoms with Gasteiger partial charge in [0, 0.05) is 18.3 Å². The highest BCUT2D eigenvalue weighted by molar-refractivity contribution is 5.54. The Morgan fingerprint density at radius 1 is 1.24 bits per heavy atom. The van der Waals surface area contributed by atoms with Crippen LogP contribution in [0.3, 0.4) is 0 Å². The maximum Gasteiger partial charge on any atom is 0.162 e. The summed E-state index contributed by atoms with van der Waals surface area (Å²) in [7, 11) is 3.28. The lowest BCUT2D eigenvalue weighted by Gasteiger charge is -2.15. The molecule has 0 unspecified atom stereocenters. The van der Waals surface area contributed by atoms with Crippen molar-refractivity contribution >= 4 is 5.69 Å². The van der Waals surface area contributed by atoms with Crippen LogP contribution in [-0.4, -0.2) is 27.3 Å². The number of ether oxygens (including phenoxy) is 2. The van der Waals surface area contributed by atoms with Crippen molar-refractivity contribution in [1.29, 1.82) is 0 Å². The lowest BCUT2D eigenvalue weighted by Crippen LogP contribution is -2.24. The van der Waals surface area contributed by atoms with E-state index < -0.39 is 0 Å². The number of hydrogen-bond donors (Lipinski definition) is 2. The predicted molar refractivity (Wildman–Crippen MR) is 68.8 cm³/mol. The third kappa shape index (κ3) is 2.64. The van der Waals surface area contributed by atoms with Gasteiger partial charge in [-0.25, -0.2) is 0 Å². The van der Waals surface area contributed by atoms with Gasteiger partial charge in [0.25, 0.3) is 0 Å². The van der Waals surface area contributed by atoms with Crippen LogP contribution in [0.2, 0.25) is 0 Å². The van der Waals surface area contributed by atoms with Gasteiger partial charge in [-0.2, -0.15) is 0 Å². The molecule has 1 aromatic rings. The molecule has 0 saturated heterocycles. The van der Waals surface area contributed by atoms with Crippen LogP contribution in [0.1, 0.15) is 12.8 Å². The fraction of sp³-hybridized carbons (Fsp3) is 0.538. The Morgan fingerprint density at radius 3 is 2.47 bits per heavy atom. The molecule has 3 N–H and O–H groups in total. The average molecular weight is 236 g/mol. The predicted octanol–water partition coefficient (Wildman–Crippen LogP) is 1.85. The Balaban J connectivity index is 2.01. The molecule has 0 amide bonds. The lowest BCUT2D eigenvalue weighted by atomic mass is 10.1. The van der Waals surface area contributed by atoms with Crippen molar-refractivity contribution in [2.45, 2.75) is 12.8 Å². The summed E-state index contributed by atoms with van der Waals surface area (Å²) in [6.45, 7) is 1.69. The first-order valence-corrected chi connectivity index (χ1v) is 5.89. The number of nitrogens with two attached hydrogens (primary N) is 1. The van der Waals surface area contributed by atoms with Gasteiger partial charge in [-0.1, -0.05) is 0 Å². The molecule has 0 atom stereocenters. The molecule has 0 aromatic heterocycles. The Bertz CT molecular complexity index is 389. The van der Waals surface area contributed by atoms with Gasteiger partial charge in [0.05, 0.1) is 14.2 Å². The van der Waals surface area contributed by atoms with Gasteiger partial charge in [0.1, 0.15) is 0 Å². The van der Waals surface area contributed by atoms with Crippen LogP contribution in [-0.2, 0) is 0 Å². The lowest BCUT2D eigenvalue weighted by molar-refractivity contribution is 0.355. The SMILES string of the molecule is COc1ccc(NCC2(CN)CC2)cc1OC. The fourth-order valence-corrected chi connectivity index (χ4v) is 1.87. The number of nitrogens with one attached hydrogen (secondary N) is 1. The van der Waals surface area contributed by atoms with Gasteiger partial charge in [0.15, 0.2) is 11.5 Å². The summed E-state index contributed by atoms with van der Waals surface area (Å²) < 4.78 is 10.5. The standard InChI is InChI=1S/C13H20N2O2/c1-16-11-4-3-10(7-12(11)17-2)15-9-13(8-14)5-6-13/h3-4,7,15H,5-6,8-9,14H2,1-2H3. The van der Waals surface area contributed by atoms with Crippen molar-refractivity contribution in [2.75, 3.05) is 32.6 Å². The molecule has 4 nitrogen and oxygen atoms in total. The van der Waals surface area contributed by atoms with E-state index in [9.17, 15) is 0 Å². The summed E-state index contributed by atoms with van der Waals surface area (Å²) >= 11 is 0. The van der Waals surface area contributed by atoms with Gasteiger partial charge >= 0.3 is 0 Å². The van der Waals surface area contributed by atoms with E-state index in [1.54, 1.807) is 14.2 Å². The highest BCUT2D eigenvalue weighted by atomic mass is 16.5. The van der Waals surface area contributed by atoms with Crippen molar-refractivity contribution in [1.82, 2.24) is 0 Å². The molecule has 1 saturated carbocycles. The number of benzene rings is 1. The van der Waals surface area contributed by atoms with Crippen molar-refractivity contribution in [2.24, 2.45) is 11.1 Å². The van der Waals surface area contributed by atoms with Crippen molar-refractivity contribution in [3.05, 3.63) is 18.2 Å². The molecular weight excluding hydrogens is 216 g/mol. The highest BCUT2D eigenvalue weighted by Gasteiger charge is 2.40. The molecule has 2 rings (SSSR count). The number of methoxy groups -OCH3 is 2. The quantitative estimate of drug-likeness (QED) is 0.791. The Hall–Kier alpha value is -1.42. The molecule has 1 fully saturated rings. The largest absolute Gasteiger partial charge is 0.493 e. The molecule has 0 radical (unpaired) electrons. The zero-order valence-corrected chi connectivity index (χ0v) is 10.5. The molecule has 0 bridgehead atoms. The van der Waals surface area contributed by atoms with Crippen molar-refractivity contribution in [3.8, 4) is 11.5 Å². The second-order valence-corrected chi connectivity index (χ2v) is 4.63. The summed E-state index contributed by atoms with van der Waals surface area (Å²) in [5.74, 6) is 1.49. The number of hydrogen-bond acceptors (Lipinski definition) is 4. The van der Waals surface area contributed by atoms with Crippen LogP contribution in [0.15, 0.2) is 18.2 Å². The molecule has 17 heavy (non-hydrogen) atoms. The second-order valence-electron chi connectivity index (χ2n) is 4.63. The van der Waals surface area contributed by atoms with E-state index in [2.05, 4.69) is 5.32 Å². The molecule has 1 aromatic carbocycles. The van der Waals surface area contributed by atoms with E-state index in [0.717, 1.165) is 30.3 Å².